The predicted octanol–water partition coefficient (Wildman–Crippen LogP) is 5.96. The number of rotatable bonds is 4. The number of para-hydroxylation sites is 1. The van der Waals surface area contributed by atoms with Gasteiger partial charge in [-0.2, -0.15) is 13.2 Å². The Morgan fingerprint density at radius 1 is 1.00 bits per heavy atom. The van der Waals surface area contributed by atoms with Crippen molar-refractivity contribution in [1.29, 1.82) is 0 Å². The maximum absolute atomic E-state index is 13.3. The van der Waals surface area contributed by atoms with Crippen molar-refractivity contribution in [3.63, 3.8) is 0 Å². The van der Waals surface area contributed by atoms with Gasteiger partial charge in [0.15, 0.2) is 5.69 Å². The number of benzene rings is 2. The third kappa shape index (κ3) is 4.83. The zero-order valence-corrected chi connectivity index (χ0v) is 17.1. The van der Waals surface area contributed by atoms with Gasteiger partial charge in [-0.3, -0.25) is 4.79 Å². The molecule has 8 heteroatoms. The molecule has 164 valence electrons. The summed E-state index contributed by atoms with van der Waals surface area (Å²) in [6, 6.07) is 14.3. The van der Waals surface area contributed by atoms with Crippen molar-refractivity contribution in [2.75, 3.05) is 5.32 Å². The van der Waals surface area contributed by atoms with Crippen LogP contribution in [0.5, 0.6) is 0 Å². The number of halogens is 3. The Morgan fingerprint density at radius 2 is 1.66 bits per heavy atom. The van der Waals surface area contributed by atoms with Gasteiger partial charge in [-0.1, -0.05) is 42.5 Å². The molecule has 1 heterocycles. The van der Waals surface area contributed by atoms with Crippen molar-refractivity contribution < 1.29 is 18.0 Å². The minimum atomic E-state index is -4.52. The van der Waals surface area contributed by atoms with E-state index in [9.17, 15) is 18.0 Å². The number of carbonyl (C=O) groups excluding carboxylic acids is 1. The van der Waals surface area contributed by atoms with Crippen LogP contribution in [0, 0.1) is 6.57 Å². The minimum absolute atomic E-state index is 0.000935. The number of carbonyl (C=O) groups is 1. The molecule has 2 aromatic carbocycles. The van der Waals surface area contributed by atoms with Crippen molar-refractivity contribution in [2.45, 2.75) is 43.9 Å². The second-order valence-electron chi connectivity index (χ2n) is 7.89. The van der Waals surface area contributed by atoms with E-state index < -0.39 is 11.9 Å². The Bertz CT molecular complexity index is 1160. The van der Waals surface area contributed by atoms with E-state index in [1.54, 1.807) is 48.5 Å². The van der Waals surface area contributed by atoms with Crippen LogP contribution in [0.25, 0.3) is 15.7 Å². The lowest BCUT2D eigenvalue weighted by atomic mass is 9.90. The van der Waals surface area contributed by atoms with E-state index in [-0.39, 0.29) is 18.0 Å². The molecule has 0 radical (unpaired) electrons. The van der Waals surface area contributed by atoms with Crippen LogP contribution in [0.2, 0.25) is 0 Å². The van der Waals surface area contributed by atoms with Crippen molar-refractivity contribution in [3.8, 4) is 0 Å². The molecule has 1 aromatic heterocycles. The molecule has 5 nitrogen and oxygen atoms in total. The van der Waals surface area contributed by atoms with Gasteiger partial charge in [0.2, 0.25) is 0 Å². The topological polar surface area (TPSA) is 58.4 Å². The van der Waals surface area contributed by atoms with E-state index in [1.165, 1.54) is 0 Å². The van der Waals surface area contributed by atoms with Crippen molar-refractivity contribution in [1.82, 2.24) is 10.3 Å². The number of anilines is 1. The molecular weight excluding hydrogens is 417 g/mol. The van der Waals surface area contributed by atoms with Gasteiger partial charge < -0.3 is 10.6 Å². The monoisotopic (exact) mass is 438 g/mol. The highest BCUT2D eigenvalue weighted by Crippen LogP contribution is 2.34. The number of amides is 1. The Balaban J connectivity index is 1.40. The van der Waals surface area contributed by atoms with Crippen molar-refractivity contribution in [3.05, 3.63) is 77.3 Å². The summed E-state index contributed by atoms with van der Waals surface area (Å²) in [4.78, 5) is 19.5. The Hall–Kier alpha value is -3.60. The number of nitrogens with zero attached hydrogens (tertiary/aromatic N) is 2. The summed E-state index contributed by atoms with van der Waals surface area (Å²) in [6.45, 7) is 6.97. The van der Waals surface area contributed by atoms with Crippen LogP contribution in [0.1, 0.15) is 41.7 Å². The first-order chi connectivity index (χ1) is 15.3. The lowest BCUT2D eigenvalue weighted by Crippen LogP contribution is -2.40. The molecule has 4 rings (SSSR count). The summed E-state index contributed by atoms with van der Waals surface area (Å²) < 4.78 is 39.9. The van der Waals surface area contributed by atoms with Crippen molar-refractivity contribution >= 4 is 28.2 Å². The molecule has 32 heavy (non-hydrogen) atoms. The van der Waals surface area contributed by atoms with Crippen LogP contribution in [0.4, 0.5) is 24.5 Å². The summed E-state index contributed by atoms with van der Waals surface area (Å²) >= 11 is 0. The van der Waals surface area contributed by atoms with Crippen LogP contribution < -0.4 is 10.6 Å². The number of hydrogen-bond donors (Lipinski definition) is 2. The van der Waals surface area contributed by atoms with Crippen LogP contribution in [-0.2, 0) is 6.18 Å². The van der Waals surface area contributed by atoms with Crippen LogP contribution in [0.3, 0.4) is 0 Å². The van der Waals surface area contributed by atoms with E-state index in [2.05, 4.69) is 20.5 Å². The average molecular weight is 438 g/mol. The molecule has 2 N–H and O–H groups in total. The Kier molecular flexibility index (Phi) is 5.99. The maximum atomic E-state index is 13.3. The first-order valence-corrected chi connectivity index (χ1v) is 10.4. The third-order valence-corrected chi connectivity index (χ3v) is 5.69. The lowest BCUT2D eigenvalue weighted by Gasteiger charge is -2.30. The molecule has 0 aliphatic heterocycles. The molecule has 0 saturated heterocycles. The number of hydrogen-bond acceptors (Lipinski definition) is 3. The second-order valence-corrected chi connectivity index (χ2v) is 7.89. The van der Waals surface area contributed by atoms with Gasteiger partial charge >= 0.3 is 6.18 Å². The molecule has 1 amide bonds. The van der Waals surface area contributed by atoms with Gasteiger partial charge in [0.05, 0.1) is 12.1 Å². The van der Waals surface area contributed by atoms with Crippen LogP contribution >= 0.6 is 0 Å². The van der Waals surface area contributed by atoms with Crippen molar-refractivity contribution in [2.24, 2.45) is 0 Å². The highest BCUT2D eigenvalue weighted by Gasteiger charge is 2.33. The van der Waals surface area contributed by atoms with Gasteiger partial charge in [-0.15, -0.1) is 0 Å². The smallest absolute Gasteiger partial charge is 0.382 e. The number of pyridine rings is 1. The molecule has 1 fully saturated rings. The number of nitrogens with one attached hydrogen (secondary N) is 2. The normalized spacial score (nSPS) is 18.7. The number of aromatic nitrogens is 1. The summed E-state index contributed by atoms with van der Waals surface area (Å²) in [5.41, 5.74) is 0.792. The highest BCUT2D eigenvalue weighted by atomic mass is 19.4. The largest absolute Gasteiger partial charge is 0.433 e. The lowest BCUT2D eigenvalue weighted by molar-refractivity contribution is -0.140. The van der Waals surface area contributed by atoms with Gasteiger partial charge in [0.25, 0.3) is 5.91 Å². The fraction of sp³-hybridized carbons (Fsp3) is 0.292. The van der Waals surface area contributed by atoms with E-state index in [1.807, 2.05) is 0 Å². The molecule has 1 saturated carbocycles. The minimum Gasteiger partial charge on any atom is -0.382 e. The van der Waals surface area contributed by atoms with E-state index in [4.69, 9.17) is 6.57 Å². The Labute approximate surface area is 183 Å². The van der Waals surface area contributed by atoms with E-state index in [0.717, 1.165) is 31.7 Å². The second kappa shape index (κ2) is 8.87. The molecule has 0 atom stereocenters. The Morgan fingerprint density at radius 3 is 2.31 bits per heavy atom. The summed E-state index contributed by atoms with van der Waals surface area (Å²) in [5, 5.41) is 6.94. The van der Waals surface area contributed by atoms with Gasteiger partial charge in [-0.25, -0.2) is 9.83 Å². The fourth-order valence-electron chi connectivity index (χ4n) is 4.00. The number of alkyl halides is 3. The summed E-state index contributed by atoms with van der Waals surface area (Å²) in [5.74, 6) is -0.187. The van der Waals surface area contributed by atoms with Gasteiger partial charge in [-0.05, 0) is 37.8 Å². The van der Waals surface area contributed by atoms with E-state index >= 15 is 0 Å². The molecule has 1 aliphatic carbocycles. The van der Waals surface area contributed by atoms with Gasteiger partial charge in [0, 0.05) is 28.7 Å². The molecule has 1 aliphatic rings. The third-order valence-electron chi connectivity index (χ3n) is 5.69. The fourth-order valence-corrected chi connectivity index (χ4v) is 4.00. The SMILES string of the molecule is [C-]#[N+]c1ccc(C(=O)NC2CCC(Nc3cc(C(F)(F)F)nc4ccccc34)CC2)cc1. The zero-order valence-electron chi connectivity index (χ0n) is 17.1. The predicted molar refractivity (Wildman–Crippen MR) is 117 cm³/mol. The summed E-state index contributed by atoms with van der Waals surface area (Å²) in [7, 11) is 0. The molecule has 0 bridgehead atoms. The average Bonchev–Trinajstić information content (AvgIpc) is 2.79. The van der Waals surface area contributed by atoms with Gasteiger partial charge in [0.1, 0.15) is 5.69 Å². The highest BCUT2D eigenvalue weighted by molar-refractivity contribution is 5.94. The van der Waals surface area contributed by atoms with E-state index in [0.29, 0.717) is 27.8 Å². The maximum Gasteiger partial charge on any atom is 0.433 e. The molecule has 3 aromatic rings. The quantitative estimate of drug-likeness (QED) is 0.495. The molecular formula is C24H21F3N4O. The molecule has 0 unspecified atom stereocenters. The summed E-state index contributed by atoms with van der Waals surface area (Å²) in [6.07, 6.45) is -1.63. The first kappa shape index (κ1) is 21.6. The van der Waals surface area contributed by atoms with Crippen LogP contribution in [0.15, 0.2) is 54.6 Å². The zero-order chi connectivity index (χ0) is 22.7. The molecule has 0 spiro atoms. The van der Waals surface area contributed by atoms with Crippen LogP contribution in [-0.4, -0.2) is 23.0 Å². The standard InChI is InChI=1S/C24H21F3N4O/c1-28-16-8-6-15(7-9-16)23(32)30-18-12-10-17(11-13-18)29-21-14-22(24(25,26)27)31-20-5-3-2-4-19(20)21/h2-9,14,17-18H,10-13H2,(H,29,31)(H,30,32). The number of fused-ring (bicyclic) bond motifs is 1. The first-order valence-electron chi connectivity index (χ1n) is 10.4.